The molecule has 1 rings (SSSR count). The third kappa shape index (κ3) is 8.51. The molecule has 132 valence electrons. The zero-order valence-corrected chi connectivity index (χ0v) is 14.5. The molecule has 0 aliphatic heterocycles. The predicted octanol–water partition coefficient (Wildman–Crippen LogP) is 1.05. The summed E-state index contributed by atoms with van der Waals surface area (Å²) in [6.07, 6.45) is 3.33. The van der Waals surface area contributed by atoms with E-state index in [1.165, 1.54) is 0 Å². The Kier molecular flexibility index (Phi) is 7.97. The molecule has 8 heteroatoms. The number of aromatic nitrogens is 3. The minimum absolute atomic E-state index is 0.0362. The van der Waals surface area contributed by atoms with Crippen LogP contribution in [0.15, 0.2) is 6.20 Å². The van der Waals surface area contributed by atoms with Crippen LogP contribution in [0.2, 0.25) is 0 Å². The molecule has 0 fully saturated rings. The van der Waals surface area contributed by atoms with Crippen molar-refractivity contribution < 1.29 is 14.6 Å². The van der Waals surface area contributed by atoms with Gasteiger partial charge in [-0.05, 0) is 27.2 Å². The number of ether oxygens (including phenoxy) is 1. The van der Waals surface area contributed by atoms with E-state index in [2.05, 4.69) is 27.9 Å². The highest BCUT2D eigenvalue weighted by molar-refractivity contribution is 5.67. The van der Waals surface area contributed by atoms with E-state index in [0.717, 1.165) is 18.5 Å². The van der Waals surface area contributed by atoms with E-state index in [4.69, 9.17) is 9.84 Å². The van der Waals surface area contributed by atoms with Gasteiger partial charge in [0.1, 0.15) is 5.60 Å². The Bertz CT molecular complexity index is 470. The minimum Gasteiger partial charge on any atom is -0.444 e. The average molecular weight is 327 g/mol. The molecule has 0 aliphatic rings. The Morgan fingerprint density at radius 2 is 2.22 bits per heavy atom. The number of aliphatic hydroxyl groups is 1. The lowest BCUT2D eigenvalue weighted by atomic mass is 10.1. The van der Waals surface area contributed by atoms with Crippen molar-refractivity contribution in [2.45, 2.75) is 65.3 Å². The van der Waals surface area contributed by atoms with Gasteiger partial charge in [0.15, 0.2) is 0 Å². The smallest absolute Gasteiger partial charge is 0.407 e. The van der Waals surface area contributed by atoms with Crippen molar-refractivity contribution in [2.24, 2.45) is 0 Å². The second-order valence-corrected chi connectivity index (χ2v) is 6.45. The molecular weight excluding hydrogens is 298 g/mol. The molecule has 3 N–H and O–H groups in total. The van der Waals surface area contributed by atoms with Gasteiger partial charge in [-0.25, -0.2) is 9.48 Å². The Morgan fingerprint density at radius 1 is 1.48 bits per heavy atom. The van der Waals surface area contributed by atoms with Gasteiger partial charge in [0.2, 0.25) is 0 Å². The number of amides is 1. The highest BCUT2D eigenvalue weighted by Crippen LogP contribution is 2.06. The fraction of sp³-hybridized carbons (Fsp3) is 0.800. The third-order valence-corrected chi connectivity index (χ3v) is 3.02. The second-order valence-electron chi connectivity index (χ2n) is 6.45. The molecule has 1 aromatic heterocycles. The number of hydrogen-bond acceptors (Lipinski definition) is 6. The fourth-order valence-electron chi connectivity index (χ4n) is 2.03. The lowest BCUT2D eigenvalue weighted by molar-refractivity contribution is 0.0521. The van der Waals surface area contributed by atoms with Gasteiger partial charge in [0.05, 0.1) is 18.8 Å². The fourth-order valence-corrected chi connectivity index (χ4v) is 2.03. The molecule has 1 heterocycles. The van der Waals surface area contributed by atoms with Gasteiger partial charge in [0, 0.05) is 25.3 Å². The standard InChI is InChI=1S/C15H29N5O3/c1-5-6-12(9-17-14(22)23-15(2,3)4)16-10-13-11-20(7-8-21)19-18-13/h11-12,16,21H,5-10H2,1-4H3,(H,17,22). The summed E-state index contributed by atoms with van der Waals surface area (Å²) in [4.78, 5) is 11.7. The summed E-state index contributed by atoms with van der Waals surface area (Å²) in [6.45, 7) is 9.14. The number of carbonyl (C=O) groups excluding carboxylic acids is 1. The largest absolute Gasteiger partial charge is 0.444 e. The van der Waals surface area contributed by atoms with Crippen molar-refractivity contribution in [3.63, 3.8) is 0 Å². The number of hydrogen-bond donors (Lipinski definition) is 3. The van der Waals surface area contributed by atoms with E-state index >= 15 is 0 Å². The predicted molar refractivity (Wildman–Crippen MR) is 86.9 cm³/mol. The quantitative estimate of drug-likeness (QED) is 0.627. The summed E-state index contributed by atoms with van der Waals surface area (Å²) >= 11 is 0. The van der Waals surface area contributed by atoms with Crippen LogP contribution in [-0.2, 0) is 17.8 Å². The zero-order chi connectivity index (χ0) is 17.3. The highest BCUT2D eigenvalue weighted by atomic mass is 16.6. The SMILES string of the molecule is CCCC(CNC(=O)OC(C)(C)C)NCc1cn(CCO)nn1. The van der Waals surface area contributed by atoms with E-state index in [9.17, 15) is 4.79 Å². The van der Waals surface area contributed by atoms with Crippen LogP contribution >= 0.6 is 0 Å². The van der Waals surface area contributed by atoms with Crippen molar-refractivity contribution >= 4 is 6.09 Å². The van der Waals surface area contributed by atoms with Crippen molar-refractivity contribution in [1.29, 1.82) is 0 Å². The molecular formula is C15H29N5O3. The van der Waals surface area contributed by atoms with Crippen LogP contribution in [0.3, 0.4) is 0 Å². The van der Waals surface area contributed by atoms with Crippen LogP contribution in [0, 0.1) is 0 Å². The topological polar surface area (TPSA) is 101 Å². The summed E-state index contributed by atoms with van der Waals surface area (Å²) in [5, 5.41) is 23.0. The van der Waals surface area contributed by atoms with E-state index in [-0.39, 0.29) is 12.6 Å². The molecule has 0 saturated carbocycles. The van der Waals surface area contributed by atoms with E-state index in [1.807, 2.05) is 20.8 Å². The normalized spacial score (nSPS) is 12.9. The molecule has 0 aliphatic carbocycles. The zero-order valence-electron chi connectivity index (χ0n) is 14.5. The summed E-state index contributed by atoms with van der Waals surface area (Å²) in [5.41, 5.74) is 0.306. The number of aliphatic hydroxyl groups excluding tert-OH is 1. The van der Waals surface area contributed by atoms with Gasteiger partial charge < -0.3 is 20.5 Å². The molecule has 0 bridgehead atoms. The van der Waals surface area contributed by atoms with Crippen LogP contribution in [0.25, 0.3) is 0 Å². The number of nitrogens with one attached hydrogen (secondary N) is 2. The van der Waals surface area contributed by atoms with Crippen LogP contribution in [0.1, 0.15) is 46.2 Å². The van der Waals surface area contributed by atoms with E-state index in [0.29, 0.717) is 19.6 Å². The average Bonchev–Trinajstić information content (AvgIpc) is 2.88. The van der Waals surface area contributed by atoms with Gasteiger partial charge in [-0.1, -0.05) is 18.6 Å². The number of rotatable bonds is 9. The van der Waals surface area contributed by atoms with Gasteiger partial charge in [-0.2, -0.15) is 0 Å². The maximum absolute atomic E-state index is 11.7. The molecule has 0 saturated heterocycles. The maximum Gasteiger partial charge on any atom is 0.407 e. The van der Waals surface area contributed by atoms with Gasteiger partial charge >= 0.3 is 6.09 Å². The second kappa shape index (κ2) is 9.46. The lowest BCUT2D eigenvalue weighted by Crippen LogP contribution is -2.42. The van der Waals surface area contributed by atoms with Gasteiger partial charge in [-0.3, -0.25) is 0 Å². The third-order valence-electron chi connectivity index (χ3n) is 3.02. The maximum atomic E-state index is 11.7. The van der Waals surface area contributed by atoms with E-state index < -0.39 is 11.7 Å². The van der Waals surface area contributed by atoms with Crippen molar-refractivity contribution in [3.05, 3.63) is 11.9 Å². The van der Waals surface area contributed by atoms with E-state index in [1.54, 1.807) is 10.9 Å². The first kappa shape index (κ1) is 19.4. The minimum atomic E-state index is -0.497. The Labute approximate surface area is 137 Å². The molecule has 0 spiro atoms. The monoisotopic (exact) mass is 327 g/mol. The van der Waals surface area contributed by atoms with Gasteiger partial charge in [0.25, 0.3) is 0 Å². The summed E-state index contributed by atoms with van der Waals surface area (Å²) < 4.78 is 6.83. The Balaban J connectivity index is 2.40. The molecule has 1 aromatic rings. The first-order valence-corrected chi connectivity index (χ1v) is 8.04. The molecule has 8 nitrogen and oxygen atoms in total. The van der Waals surface area contributed by atoms with Crippen molar-refractivity contribution in [3.8, 4) is 0 Å². The molecule has 0 aromatic carbocycles. The van der Waals surface area contributed by atoms with Crippen molar-refractivity contribution in [1.82, 2.24) is 25.6 Å². The lowest BCUT2D eigenvalue weighted by Gasteiger charge is -2.22. The number of carbonyl (C=O) groups is 1. The summed E-state index contributed by atoms with van der Waals surface area (Å²) in [6, 6.07) is 0.135. The number of alkyl carbamates (subject to hydrolysis) is 1. The highest BCUT2D eigenvalue weighted by Gasteiger charge is 2.17. The first-order valence-electron chi connectivity index (χ1n) is 8.04. The Morgan fingerprint density at radius 3 is 2.83 bits per heavy atom. The molecule has 1 amide bonds. The molecule has 0 radical (unpaired) electrons. The first-order chi connectivity index (χ1) is 10.8. The molecule has 1 atom stereocenters. The molecule has 1 unspecified atom stereocenters. The summed E-state index contributed by atoms with van der Waals surface area (Å²) in [7, 11) is 0. The Hall–Kier alpha value is -1.67. The molecule has 23 heavy (non-hydrogen) atoms. The summed E-state index contributed by atoms with van der Waals surface area (Å²) in [5.74, 6) is 0. The van der Waals surface area contributed by atoms with Crippen LogP contribution in [0.5, 0.6) is 0 Å². The van der Waals surface area contributed by atoms with Crippen LogP contribution < -0.4 is 10.6 Å². The number of nitrogens with zero attached hydrogens (tertiary/aromatic N) is 3. The van der Waals surface area contributed by atoms with Gasteiger partial charge in [-0.15, -0.1) is 5.10 Å². The van der Waals surface area contributed by atoms with Crippen LogP contribution in [-0.4, -0.2) is 51.0 Å². The van der Waals surface area contributed by atoms with Crippen molar-refractivity contribution in [2.75, 3.05) is 13.2 Å². The van der Waals surface area contributed by atoms with Crippen LogP contribution in [0.4, 0.5) is 4.79 Å².